The topological polar surface area (TPSA) is 196 Å². The zero-order valence-corrected chi connectivity index (χ0v) is 48.9. The first kappa shape index (κ1) is 58.9. The molecule has 2 aromatic heterocycles. The fourth-order valence-corrected chi connectivity index (χ4v) is 19.5. The summed E-state index contributed by atoms with van der Waals surface area (Å²) in [6.07, 6.45) is 26.0. The lowest BCUT2D eigenvalue weighted by molar-refractivity contribution is -0.210. The molecule has 12 nitrogen and oxygen atoms in total. The number of rotatable bonds is 13. The second-order valence-corrected chi connectivity index (χ2v) is 27.0. The first-order valence-corrected chi connectivity index (χ1v) is 32.3. The Morgan fingerprint density at radius 1 is 0.597 bits per heavy atom. The summed E-state index contributed by atoms with van der Waals surface area (Å²) in [7, 11) is 0. The molecule has 4 unspecified atom stereocenters. The number of carbonyl (C=O) groups excluding carboxylic acids is 2. The van der Waals surface area contributed by atoms with Gasteiger partial charge in [-0.3, -0.25) is 14.5 Å². The van der Waals surface area contributed by atoms with Crippen molar-refractivity contribution in [3.8, 4) is 0 Å². The van der Waals surface area contributed by atoms with E-state index in [1.807, 2.05) is 11.0 Å². The Hall–Kier alpha value is -2.69. The van der Waals surface area contributed by atoms with Crippen molar-refractivity contribution in [2.75, 3.05) is 18.0 Å². The van der Waals surface area contributed by atoms with Crippen LogP contribution in [-0.2, 0) is 25.7 Å². The van der Waals surface area contributed by atoms with E-state index in [1.54, 1.807) is 24.3 Å². The van der Waals surface area contributed by atoms with Crippen molar-refractivity contribution in [2.24, 2.45) is 74.7 Å². The Labute approximate surface area is 474 Å². The van der Waals surface area contributed by atoms with E-state index in [0.29, 0.717) is 89.8 Å². The lowest BCUT2D eigenvalue weighted by atomic mass is 9.43. The molecule has 0 bridgehead atoms. The van der Waals surface area contributed by atoms with Crippen LogP contribution >= 0.6 is 22.6 Å². The molecular weight excluding hydrogens is 1080 g/mol. The van der Waals surface area contributed by atoms with Crippen LogP contribution in [0.4, 0.5) is 0 Å². The van der Waals surface area contributed by atoms with Crippen molar-refractivity contribution in [1.29, 1.82) is 0 Å². The summed E-state index contributed by atoms with van der Waals surface area (Å²) in [6.45, 7) is 10.8. The molecule has 2 amide bonds. The summed E-state index contributed by atoms with van der Waals surface area (Å²) >= 11 is 2.15. The van der Waals surface area contributed by atoms with Gasteiger partial charge < -0.3 is 35.2 Å². The van der Waals surface area contributed by atoms with Crippen LogP contribution in [0, 0.1) is 69.0 Å². The zero-order valence-electron chi connectivity index (χ0n) is 46.8. The minimum Gasteiger partial charge on any atom is -0.393 e. The number of aliphatic hydroxyl groups is 4. The van der Waals surface area contributed by atoms with E-state index < -0.39 is 11.2 Å². The van der Waals surface area contributed by atoms with E-state index in [9.17, 15) is 30.0 Å². The Morgan fingerprint density at radius 2 is 1.04 bits per heavy atom. The summed E-state index contributed by atoms with van der Waals surface area (Å²) in [6, 6.07) is 11.1. The third-order valence-corrected chi connectivity index (χ3v) is 24.1. The van der Waals surface area contributed by atoms with E-state index in [2.05, 4.69) is 66.7 Å². The first-order valence-electron chi connectivity index (χ1n) is 30.2. The normalized spacial score (nSPS) is 40.5. The number of nitrogens with two attached hydrogens (primary N) is 1. The van der Waals surface area contributed by atoms with Gasteiger partial charge in [0.1, 0.15) is 11.5 Å². The van der Waals surface area contributed by atoms with Gasteiger partial charge in [-0.25, -0.2) is 0 Å². The van der Waals surface area contributed by atoms with E-state index >= 15 is 0 Å². The summed E-state index contributed by atoms with van der Waals surface area (Å²) in [5, 5.41) is 54.0. The zero-order chi connectivity index (χ0) is 53.8. The molecule has 77 heavy (non-hydrogen) atoms. The maximum Gasteiger partial charge on any atom is 0.261 e. The number of hydrogen-bond acceptors (Lipinski definition) is 11. The number of imide groups is 1. The summed E-state index contributed by atoms with van der Waals surface area (Å²) in [4.78, 5) is 28.6. The number of alkyl halides is 1. The fraction of sp³-hybridized carbons (Fsp3) is 0.781. The Morgan fingerprint density at radius 3 is 1.48 bits per heavy atom. The molecule has 8 fully saturated rings. The van der Waals surface area contributed by atoms with Gasteiger partial charge in [0, 0.05) is 31.5 Å². The van der Waals surface area contributed by atoms with Gasteiger partial charge in [0.2, 0.25) is 0 Å². The van der Waals surface area contributed by atoms with Crippen LogP contribution in [0.5, 0.6) is 0 Å². The SMILES string of the molecule is C.CI.C[C@]12CC[C@H](O)C[C@H]1CCC1C2CC[C@]2(C)[C@@H](CCc3cc(CCCN)on3)CC[C@]12O.C[C@]12CC[C@H](O)C[C@H]1CCC1C2CC[C@]2(C)[C@@H](CCc3cc(CCCN4C(=O)c5ccccc5C4=O)on3)CC[C@]12O. The number of carbonyl (C=O) groups is 2. The second kappa shape index (κ2) is 23.3. The van der Waals surface area contributed by atoms with Gasteiger partial charge in [0.25, 0.3) is 11.8 Å². The number of nitrogens with zero attached hydrogens (tertiary/aromatic N) is 3. The molecule has 1 aliphatic heterocycles. The van der Waals surface area contributed by atoms with Crippen LogP contribution in [-0.4, -0.2) is 88.9 Å². The van der Waals surface area contributed by atoms with Crippen molar-refractivity contribution >= 4 is 34.4 Å². The minimum atomic E-state index is -0.594. The Bertz CT molecular complexity index is 2480. The van der Waals surface area contributed by atoms with Crippen molar-refractivity contribution in [1.82, 2.24) is 15.2 Å². The highest BCUT2D eigenvalue weighted by Crippen LogP contribution is 2.71. The van der Waals surface area contributed by atoms with E-state index in [1.165, 1.54) is 24.2 Å². The van der Waals surface area contributed by atoms with Crippen molar-refractivity contribution < 1.29 is 39.1 Å². The quantitative estimate of drug-likeness (QED) is 0.0620. The summed E-state index contributed by atoms with van der Waals surface area (Å²) in [5.74, 6) is 5.55. The molecule has 16 atom stereocenters. The van der Waals surface area contributed by atoms with Crippen LogP contribution in [0.15, 0.2) is 45.4 Å². The van der Waals surface area contributed by atoms with Gasteiger partial charge in [-0.15, -0.1) is 0 Å². The number of aromatic nitrogens is 2. The lowest BCUT2D eigenvalue weighted by Gasteiger charge is -2.63. The van der Waals surface area contributed by atoms with Crippen LogP contribution in [0.25, 0.3) is 0 Å². The monoisotopic (exact) mass is 1180 g/mol. The summed E-state index contributed by atoms with van der Waals surface area (Å²) < 4.78 is 11.1. The largest absolute Gasteiger partial charge is 0.393 e. The van der Waals surface area contributed by atoms with Gasteiger partial charge in [-0.2, -0.15) is 0 Å². The second-order valence-electron chi connectivity index (χ2n) is 27.0. The van der Waals surface area contributed by atoms with Crippen molar-refractivity contribution in [2.45, 2.75) is 225 Å². The van der Waals surface area contributed by atoms with Gasteiger partial charge >= 0.3 is 0 Å². The average Bonchev–Trinajstić information content (AvgIpc) is 4.40. The van der Waals surface area contributed by atoms with Gasteiger partial charge in [0.05, 0.1) is 45.9 Å². The molecule has 428 valence electrons. The smallest absolute Gasteiger partial charge is 0.261 e. The molecular formula is C64H97IN4O8. The maximum absolute atomic E-state index is 12.6. The van der Waals surface area contributed by atoms with E-state index in [-0.39, 0.29) is 47.7 Å². The molecule has 12 rings (SSSR count). The predicted octanol–water partition coefficient (Wildman–Crippen LogP) is 12.3. The number of aliphatic hydroxyl groups excluding tert-OH is 2. The van der Waals surface area contributed by atoms with Crippen molar-refractivity contribution in [3.05, 3.63) is 70.4 Å². The number of benzene rings is 1. The van der Waals surface area contributed by atoms with Gasteiger partial charge in [-0.05, 0) is 247 Å². The molecule has 0 spiro atoms. The number of fused-ring (bicyclic) bond motifs is 11. The molecule has 9 aliphatic rings. The Balaban J connectivity index is 0.000000186. The lowest BCUT2D eigenvalue weighted by Crippen LogP contribution is -2.62. The van der Waals surface area contributed by atoms with Crippen LogP contribution in [0.1, 0.15) is 220 Å². The molecule has 8 saturated carbocycles. The number of amides is 2. The van der Waals surface area contributed by atoms with Gasteiger partial charge in [-0.1, -0.05) is 80.2 Å². The van der Waals surface area contributed by atoms with Crippen LogP contribution in [0.2, 0.25) is 0 Å². The highest BCUT2D eigenvalue weighted by Gasteiger charge is 2.68. The van der Waals surface area contributed by atoms with Crippen molar-refractivity contribution in [3.63, 3.8) is 0 Å². The standard InChI is InChI=1S/C35H46N2O5.C27H44N2O3.CH3I.CH4/c1-33-16-14-25(38)20-23(33)10-12-30-29(33)15-17-34(2)22(13-18-35(30,34)41)9-11-24-21-26(42-36-24)6-5-19-37-31(39)27-7-3-4-8-28(27)32(37)40;1-25-12-10-21(30)16-19(25)6-8-24-23(25)11-13-26(2)18(9-14-27(24,26)31)5-7-20-17-22(32-29-20)4-3-15-28;1-2;/h3-4,7-8,21-23,25,29-30,38,41H,5-6,9-20H2,1-2H3;17-19,21,23-24,30-31H,3-16,28H2,1-2H3;1H3;1H4/t22-,23+,25-,29?,30?,33-,34+,35-;18-,19+,21-,23?,24?,25-,26+,27-;;/m00../s1. The van der Waals surface area contributed by atoms with Crippen LogP contribution in [0.3, 0.4) is 0 Å². The third kappa shape index (κ3) is 10.3. The highest BCUT2D eigenvalue weighted by molar-refractivity contribution is 14.1. The molecule has 0 saturated heterocycles. The van der Waals surface area contributed by atoms with Crippen LogP contribution < -0.4 is 5.73 Å². The summed E-state index contributed by atoms with van der Waals surface area (Å²) in [5.41, 5.74) is 7.98. The van der Waals surface area contributed by atoms with E-state index in [0.717, 1.165) is 158 Å². The number of aryl methyl sites for hydroxylation is 4. The molecule has 13 heteroatoms. The molecule has 0 radical (unpaired) electrons. The molecule has 8 aliphatic carbocycles. The minimum absolute atomic E-state index is 0. The fourth-order valence-electron chi connectivity index (χ4n) is 19.5. The number of hydrogen-bond donors (Lipinski definition) is 5. The molecule has 3 aromatic rings. The average molecular weight is 1180 g/mol. The Kier molecular flexibility index (Phi) is 17.8. The number of halogens is 1. The van der Waals surface area contributed by atoms with Gasteiger partial charge in [0.15, 0.2) is 0 Å². The third-order valence-electron chi connectivity index (χ3n) is 24.1. The first-order chi connectivity index (χ1) is 36.4. The van der Waals surface area contributed by atoms with E-state index in [4.69, 9.17) is 14.8 Å². The maximum atomic E-state index is 12.6. The predicted molar refractivity (Wildman–Crippen MR) is 309 cm³/mol. The highest BCUT2D eigenvalue weighted by atomic mass is 127. The molecule has 3 heterocycles. The molecule has 1 aromatic carbocycles. The molecule has 6 N–H and O–H groups in total.